The first-order chi connectivity index (χ1) is 28.3. The minimum Gasteiger partial charge on any atom is -0.278 e. The Labute approximate surface area is 334 Å². The molecule has 57 heavy (non-hydrogen) atoms. The Balaban J connectivity index is 1.16. The number of anilines is 3. The van der Waals surface area contributed by atoms with E-state index in [-0.39, 0.29) is 0 Å². The normalized spacial score (nSPS) is 13.4. The van der Waals surface area contributed by atoms with E-state index >= 15 is 0 Å². The zero-order chi connectivity index (χ0) is 37.5. The van der Waals surface area contributed by atoms with E-state index in [4.69, 9.17) is 15.0 Å². The summed E-state index contributed by atoms with van der Waals surface area (Å²) < 4.78 is 2.39. The molecule has 0 N–H and O–H groups in total. The average molecular weight is 745 g/mol. The Morgan fingerprint density at radius 2 is 0.912 bits per heavy atom. The Kier molecular flexibility index (Phi) is 6.98. The first-order valence-corrected chi connectivity index (χ1v) is 20.1. The maximum atomic E-state index is 5.52. The van der Waals surface area contributed by atoms with Gasteiger partial charge in [0, 0.05) is 31.3 Å². The lowest BCUT2D eigenvalue weighted by atomic mass is 9.65. The van der Waals surface area contributed by atoms with E-state index in [9.17, 15) is 0 Å². The summed E-state index contributed by atoms with van der Waals surface area (Å²) in [6.07, 6.45) is 0. The predicted octanol–water partition coefficient (Wildman–Crippen LogP) is 13.4. The van der Waals surface area contributed by atoms with Gasteiger partial charge >= 0.3 is 0 Å². The van der Waals surface area contributed by atoms with E-state index in [1.54, 1.807) is 11.3 Å². The first kappa shape index (κ1) is 32.1. The number of benzene rings is 8. The number of hydrogen-bond donors (Lipinski definition) is 0. The fourth-order valence-corrected chi connectivity index (χ4v) is 10.6. The van der Waals surface area contributed by atoms with E-state index in [0.29, 0.717) is 17.6 Å². The van der Waals surface area contributed by atoms with Gasteiger partial charge in [0.15, 0.2) is 11.6 Å². The van der Waals surface area contributed by atoms with Gasteiger partial charge in [0.25, 0.3) is 0 Å². The molecule has 0 saturated carbocycles. The molecule has 1 spiro atoms. The third kappa shape index (κ3) is 4.64. The molecule has 2 aromatic heterocycles. The minimum absolute atomic E-state index is 0.526. The second kappa shape index (κ2) is 12.4. The van der Waals surface area contributed by atoms with Gasteiger partial charge in [-0.1, -0.05) is 164 Å². The van der Waals surface area contributed by atoms with Crippen molar-refractivity contribution in [3.63, 3.8) is 0 Å². The highest BCUT2D eigenvalue weighted by Crippen LogP contribution is 2.63. The van der Waals surface area contributed by atoms with Gasteiger partial charge in [0.2, 0.25) is 5.95 Å². The van der Waals surface area contributed by atoms with Crippen LogP contribution in [0.2, 0.25) is 0 Å². The molecular formula is C52H32N4S. The number of fused-ring (bicyclic) bond motifs is 12. The molecule has 12 rings (SSSR count). The van der Waals surface area contributed by atoms with Crippen molar-refractivity contribution in [3.05, 3.63) is 216 Å². The molecule has 3 heterocycles. The molecular weight excluding hydrogens is 713 g/mol. The molecule has 0 atom stereocenters. The Morgan fingerprint density at radius 1 is 0.386 bits per heavy atom. The van der Waals surface area contributed by atoms with Gasteiger partial charge in [0.1, 0.15) is 0 Å². The fraction of sp³-hybridized carbons (Fsp3) is 0.0192. The van der Waals surface area contributed by atoms with E-state index in [1.165, 1.54) is 48.9 Å². The van der Waals surface area contributed by atoms with Crippen molar-refractivity contribution in [1.29, 1.82) is 0 Å². The largest absolute Gasteiger partial charge is 0.278 e. The molecule has 1 aliphatic carbocycles. The van der Waals surface area contributed by atoms with Crippen molar-refractivity contribution >= 4 is 48.8 Å². The second-order valence-electron chi connectivity index (χ2n) is 14.7. The zero-order valence-corrected chi connectivity index (χ0v) is 31.5. The van der Waals surface area contributed by atoms with Crippen molar-refractivity contribution in [2.45, 2.75) is 5.41 Å². The summed E-state index contributed by atoms with van der Waals surface area (Å²) in [6.45, 7) is 0. The lowest BCUT2D eigenvalue weighted by Gasteiger charge is -2.44. The highest BCUT2D eigenvalue weighted by Gasteiger charge is 2.51. The van der Waals surface area contributed by atoms with Crippen LogP contribution in [0.1, 0.15) is 22.3 Å². The SMILES string of the molecule is c1ccc(-c2cc(-c3nc(-c4ccccc4)nc(N4c5ccccc5C5(c6ccccc6-c6ccccc65)c5ccccc54)n3)c3sc4ccccc4c3c2)cc1. The minimum atomic E-state index is -0.526. The molecule has 2 aliphatic rings. The van der Waals surface area contributed by atoms with Gasteiger partial charge in [0.05, 0.1) is 16.8 Å². The molecule has 0 fully saturated rings. The van der Waals surface area contributed by atoms with E-state index in [1.807, 2.05) is 18.2 Å². The summed E-state index contributed by atoms with van der Waals surface area (Å²) in [5.74, 6) is 1.84. The van der Waals surface area contributed by atoms with Gasteiger partial charge in [-0.2, -0.15) is 9.97 Å². The van der Waals surface area contributed by atoms with E-state index in [2.05, 4.69) is 181 Å². The van der Waals surface area contributed by atoms with Gasteiger partial charge < -0.3 is 0 Å². The monoisotopic (exact) mass is 744 g/mol. The fourth-order valence-electron chi connectivity index (χ4n) is 9.37. The van der Waals surface area contributed by atoms with E-state index < -0.39 is 5.41 Å². The van der Waals surface area contributed by atoms with Gasteiger partial charge in [-0.15, -0.1) is 11.3 Å². The van der Waals surface area contributed by atoms with Crippen LogP contribution in [-0.4, -0.2) is 15.0 Å². The van der Waals surface area contributed by atoms with Gasteiger partial charge in [-0.25, -0.2) is 4.98 Å². The molecule has 5 heteroatoms. The average Bonchev–Trinajstić information content (AvgIpc) is 3.81. The molecule has 266 valence electrons. The van der Waals surface area contributed by atoms with Crippen LogP contribution in [-0.2, 0) is 5.41 Å². The topological polar surface area (TPSA) is 41.9 Å². The second-order valence-corrected chi connectivity index (χ2v) is 15.8. The number of thiophene rings is 1. The lowest BCUT2D eigenvalue weighted by Crippen LogP contribution is -2.36. The van der Waals surface area contributed by atoms with Crippen molar-refractivity contribution in [2.24, 2.45) is 0 Å². The highest BCUT2D eigenvalue weighted by molar-refractivity contribution is 7.26. The summed E-state index contributed by atoms with van der Waals surface area (Å²) in [4.78, 5) is 18.5. The quantitative estimate of drug-likeness (QED) is 0.180. The number of para-hydroxylation sites is 2. The predicted molar refractivity (Wildman–Crippen MR) is 235 cm³/mol. The zero-order valence-electron chi connectivity index (χ0n) is 30.7. The molecule has 1 aliphatic heterocycles. The third-order valence-corrected chi connectivity index (χ3v) is 13.0. The van der Waals surface area contributed by atoms with Crippen molar-refractivity contribution in [2.75, 3.05) is 4.90 Å². The molecule has 0 unspecified atom stereocenters. The molecule has 8 aromatic carbocycles. The maximum Gasteiger partial charge on any atom is 0.238 e. The number of nitrogens with zero attached hydrogens (tertiary/aromatic N) is 4. The lowest BCUT2D eigenvalue weighted by molar-refractivity contribution is 0.749. The van der Waals surface area contributed by atoms with Crippen molar-refractivity contribution in [3.8, 4) is 45.0 Å². The van der Waals surface area contributed by atoms with E-state index in [0.717, 1.165) is 38.3 Å². The standard InChI is InChI=1S/C52H32N4S/c1-3-17-33(18-4-1)35-31-39-38-23-9-16-30-47(38)57-48(39)40(32-35)50-53-49(34-19-5-2-6-20-34)54-51(55-50)56-45-28-14-12-26-43(45)52(44-27-13-15-29-46(44)56)41-24-10-7-21-36(41)37-22-8-11-25-42(37)52/h1-32H. The maximum absolute atomic E-state index is 5.52. The Bertz CT molecular complexity index is 3110. The van der Waals surface area contributed by atoms with Crippen LogP contribution < -0.4 is 4.90 Å². The molecule has 0 amide bonds. The van der Waals surface area contributed by atoms with Crippen LogP contribution >= 0.6 is 11.3 Å². The smallest absolute Gasteiger partial charge is 0.238 e. The summed E-state index contributed by atoms with van der Waals surface area (Å²) in [6, 6.07) is 69.6. The first-order valence-electron chi connectivity index (χ1n) is 19.3. The van der Waals surface area contributed by atoms with Crippen molar-refractivity contribution in [1.82, 2.24) is 15.0 Å². The highest BCUT2D eigenvalue weighted by atomic mass is 32.1. The Morgan fingerprint density at radius 3 is 1.58 bits per heavy atom. The van der Waals surface area contributed by atoms with Gasteiger partial charge in [-0.05, 0) is 74.8 Å². The van der Waals surface area contributed by atoms with Crippen LogP contribution in [0.15, 0.2) is 194 Å². The molecule has 4 nitrogen and oxygen atoms in total. The number of hydrogen-bond acceptors (Lipinski definition) is 5. The number of aromatic nitrogens is 3. The van der Waals surface area contributed by atoms with Crippen LogP contribution in [0.3, 0.4) is 0 Å². The summed E-state index contributed by atoms with van der Waals surface area (Å²) in [7, 11) is 0. The van der Waals surface area contributed by atoms with Crippen molar-refractivity contribution < 1.29 is 0 Å². The van der Waals surface area contributed by atoms with Crippen LogP contribution in [0.4, 0.5) is 17.3 Å². The Hall–Kier alpha value is -7.21. The molecule has 0 saturated heterocycles. The summed E-state index contributed by atoms with van der Waals surface area (Å²) in [5, 5.41) is 2.43. The molecule has 0 radical (unpaired) electrons. The van der Waals surface area contributed by atoms with Crippen LogP contribution in [0, 0.1) is 0 Å². The molecule has 0 bridgehead atoms. The van der Waals surface area contributed by atoms with Gasteiger partial charge in [-0.3, -0.25) is 4.90 Å². The summed E-state index contributed by atoms with van der Waals surface area (Å²) >= 11 is 1.79. The third-order valence-electron chi connectivity index (χ3n) is 11.7. The molecule has 10 aromatic rings. The van der Waals surface area contributed by atoms with Crippen LogP contribution in [0.5, 0.6) is 0 Å². The summed E-state index contributed by atoms with van der Waals surface area (Å²) in [5.41, 5.74) is 13.3. The number of rotatable bonds is 4. The van der Waals surface area contributed by atoms with Crippen LogP contribution in [0.25, 0.3) is 65.2 Å².